The maximum Gasteiger partial charge on any atom is 0.508 e. The maximum atomic E-state index is 15.3. The van der Waals surface area contributed by atoms with Crippen LogP contribution in [0.5, 0.6) is 5.75 Å². The molecule has 0 saturated carbocycles. The molecule has 13 nitrogen and oxygen atoms in total. The van der Waals surface area contributed by atoms with Gasteiger partial charge in [-0.15, -0.1) is 17.9 Å². The number of nitrogens with zero attached hydrogens (tertiary/aromatic N) is 2. The zero-order valence-electron chi connectivity index (χ0n) is 46.1. The van der Waals surface area contributed by atoms with Gasteiger partial charge in [-0.2, -0.15) is 0 Å². The van der Waals surface area contributed by atoms with Crippen molar-refractivity contribution >= 4 is 77.2 Å². The predicted octanol–water partition coefficient (Wildman–Crippen LogP) is 14.6. The molecule has 5 atom stereocenters. The highest BCUT2D eigenvalue weighted by atomic mass is 35.5. The molecule has 2 aromatic carbocycles. The molecule has 0 spiro atoms. The van der Waals surface area contributed by atoms with Crippen LogP contribution in [0, 0.1) is 24.2 Å². The Kier molecular flexibility index (Phi) is 22.6. The molecule has 0 aliphatic carbocycles. The highest BCUT2D eigenvalue weighted by molar-refractivity contribution is 7.18. The van der Waals surface area contributed by atoms with E-state index < -0.39 is 56.1 Å². The molecule has 75 heavy (non-hydrogen) atoms. The Morgan fingerprint density at radius 2 is 1.63 bits per heavy atom. The number of carbonyl (C=O) groups is 6. The number of hydrogen-bond acceptors (Lipinski definition) is 13. The summed E-state index contributed by atoms with van der Waals surface area (Å²) in [4.78, 5) is 85.5. The SMILES string of the molecule is C=CC[C@H]1C(=O)C(C)(C)[C@@H](O[Si](C)(C)C(C)(C)C)CC(=O)O[C@H](c2ccc3sc(C)nc3c2)CC=C(C)CCC[C@H](C)[C@@H]1OC(=O)OCc1ccc(OC(=O)CCCCCCCCCCN2C(=O)C=CC2=O)c(Cl)c1. The number of benzene rings is 2. The third-order valence-corrected chi connectivity index (χ3v) is 20.8. The van der Waals surface area contributed by atoms with Gasteiger partial charge in [0.2, 0.25) is 0 Å². The molecular formula is C59H81ClN2O11SSi. The van der Waals surface area contributed by atoms with Crippen LogP contribution in [0.15, 0.2) is 72.9 Å². The third-order valence-electron chi connectivity index (χ3n) is 15.0. The summed E-state index contributed by atoms with van der Waals surface area (Å²) in [6.45, 7) is 24.5. The number of allylic oxidation sites excluding steroid dienone is 2. The molecule has 0 fully saturated rings. The number of cyclic esters (lactones) is 1. The van der Waals surface area contributed by atoms with Crippen LogP contribution in [-0.4, -0.2) is 72.6 Å². The number of unbranched alkanes of at least 4 members (excludes halogenated alkanes) is 7. The number of Topliss-reactive ketones (excluding diaryl/α,β-unsaturated/α-hetero) is 1. The van der Waals surface area contributed by atoms with E-state index in [0.717, 1.165) is 84.1 Å². The van der Waals surface area contributed by atoms with Gasteiger partial charge in [-0.1, -0.05) is 122 Å². The second-order valence-electron chi connectivity index (χ2n) is 22.5. The molecule has 5 rings (SSSR count). The number of imide groups is 1. The third kappa shape index (κ3) is 17.8. The zero-order chi connectivity index (χ0) is 55.1. The predicted molar refractivity (Wildman–Crippen MR) is 298 cm³/mol. The van der Waals surface area contributed by atoms with E-state index in [1.165, 1.54) is 17.1 Å². The lowest BCUT2D eigenvalue weighted by Crippen LogP contribution is -2.53. The molecule has 16 heteroatoms. The number of amides is 2. The monoisotopic (exact) mass is 1090 g/mol. The average molecular weight is 1090 g/mol. The Hall–Kier alpha value is -4.96. The second-order valence-corrected chi connectivity index (χ2v) is 28.9. The van der Waals surface area contributed by atoms with E-state index in [-0.39, 0.29) is 65.2 Å². The largest absolute Gasteiger partial charge is 0.508 e. The maximum absolute atomic E-state index is 15.3. The minimum absolute atomic E-state index is 0.175. The normalized spacial score (nSPS) is 21.2. The summed E-state index contributed by atoms with van der Waals surface area (Å²) in [7, 11) is -2.61. The van der Waals surface area contributed by atoms with E-state index in [2.05, 4.69) is 53.4 Å². The number of carbonyl (C=O) groups excluding carboxylic acids is 6. The van der Waals surface area contributed by atoms with E-state index in [1.54, 1.807) is 35.6 Å². The molecule has 3 aromatic rings. The summed E-state index contributed by atoms with van der Waals surface area (Å²) >= 11 is 8.18. The Balaban J connectivity index is 1.23. The number of ether oxygens (including phenoxy) is 4. The van der Waals surface area contributed by atoms with E-state index in [4.69, 9.17) is 40.0 Å². The molecule has 0 bridgehead atoms. The molecule has 2 amide bonds. The molecular weight excluding hydrogens is 1010 g/mol. The molecule has 410 valence electrons. The number of aromatic nitrogens is 1. The van der Waals surface area contributed by atoms with Gasteiger partial charge in [0.25, 0.3) is 11.8 Å². The quantitative estimate of drug-likeness (QED) is 0.0263. The molecule has 0 radical (unpaired) electrons. The second kappa shape index (κ2) is 27.9. The molecule has 2 aliphatic heterocycles. The Labute approximate surface area is 455 Å². The molecule has 3 heterocycles. The topological polar surface area (TPSA) is 165 Å². The van der Waals surface area contributed by atoms with Crippen molar-refractivity contribution in [2.45, 2.75) is 195 Å². The summed E-state index contributed by atoms with van der Waals surface area (Å²) < 4.78 is 32.0. The first-order valence-corrected chi connectivity index (χ1v) is 30.9. The van der Waals surface area contributed by atoms with Gasteiger partial charge in [-0.25, -0.2) is 9.78 Å². The first-order chi connectivity index (χ1) is 35.4. The first kappa shape index (κ1) is 60.9. The molecule has 1 aromatic heterocycles. The van der Waals surface area contributed by atoms with Crippen LogP contribution in [0.25, 0.3) is 10.2 Å². The van der Waals surface area contributed by atoms with Crippen LogP contribution in [0.1, 0.15) is 167 Å². The number of aryl methyl sites for hydroxylation is 1. The summed E-state index contributed by atoms with van der Waals surface area (Å²) in [5.74, 6) is -2.51. The smallest absolute Gasteiger partial charge is 0.457 e. The fraction of sp³-hybridized carbons (Fsp3) is 0.576. The Bertz CT molecular complexity index is 2540. The number of ketones is 1. The molecule has 0 N–H and O–H groups in total. The van der Waals surface area contributed by atoms with E-state index in [9.17, 15) is 24.0 Å². The standard InChI is InChI=1S/C59H81ClN2O11SSi/c1-12-22-44-55(72-57(68)69-38-42-27-30-48(45(60)35-42)71-53(65)25-19-17-15-13-14-16-18-20-34-62-51(63)32-33-52(62)64)40(3)24-21-23-39(2)26-29-47(43-28-31-49-46(36-43)61-41(4)74-49)70-54(66)37-50(59(8,9)56(44)67)73-75(10,11)58(5,6)7/h12,26-28,30-33,35-36,40,44,47,50,55H,1,13-25,29,34,37-38H2,2-11H3/t40-,44+,47-,50-,55-/m0/s1. The van der Waals surface area contributed by atoms with E-state index >= 15 is 4.79 Å². The van der Waals surface area contributed by atoms with Gasteiger partial charge in [0.1, 0.15) is 30.3 Å². The minimum Gasteiger partial charge on any atom is -0.457 e. The number of thiazole rings is 1. The van der Waals surface area contributed by atoms with Crippen molar-refractivity contribution < 1.29 is 52.1 Å². The van der Waals surface area contributed by atoms with Crippen molar-refractivity contribution in [2.24, 2.45) is 17.3 Å². The number of rotatable bonds is 20. The highest BCUT2D eigenvalue weighted by Gasteiger charge is 2.50. The summed E-state index contributed by atoms with van der Waals surface area (Å²) in [5.41, 5.74) is 2.11. The zero-order valence-corrected chi connectivity index (χ0v) is 48.6. The van der Waals surface area contributed by atoms with Crippen LogP contribution in [0.2, 0.25) is 23.2 Å². The lowest BCUT2D eigenvalue weighted by Gasteiger charge is -2.45. The van der Waals surface area contributed by atoms with E-state index in [1.807, 2.05) is 45.9 Å². The summed E-state index contributed by atoms with van der Waals surface area (Å²) in [6, 6.07) is 10.8. The van der Waals surface area contributed by atoms with Crippen LogP contribution < -0.4 is 4.74 Å². The van der Waals surface area contributed by atoms with Crippen molar-refractivity contribution in [3.05, 3.63) is 94.0 Å². The van der Waals surface area contributed by atoms with E-state index in [0.29, 0.717) is 31.4 Å². The van der Waals surface area contributed by atoms with Gasteiger partial charge in [-0.05, 0) is 112 Å². The van der Waals surface area contributed by atoms with Crippen molar-refractivity contribution in [1.82, 2.24) is 9.88 Å². The van der Waals surface area contributed by atoms with Gasteiger partial charge in [0.05, 0.1) is 38.7 Å². The first-order valence-electron chi connectivity index (χ1n) is 26.8. The number of hydrogen-bond donors (Lipinski definition) is 0. The van der Waals surface area contributed by atoms with Crippen LogP contribution in [-0.2, 0) is 49.2 Å². The van der Waals surface area contributed by atoms with Crippen molar-refractivity contribution in [3.63, 3.8) is 0 Å². The Morgan fingerprint density at radius 1 is 0.960 bits per heavy atom. The fourth-order valence-corrected chi connectivity index (χ4v) is 11.8. The summed E-state index contributed by atoms with van der Waals surface area (Å²) in [6.07, 6.45) is 13.3. The number of esters is 2. The lowest BCUT2D eigenvalue weighted by atomic mass is 9.71. The van der Waals surface area contributed by atoms with Gasteiger partial charge in [0, 0.05) is 37.0 Å². The van der Waals surface area contributed by atoms with Crippen molar-refractivity contribution in [2.75, 3.05) is 6.54 Å². The summed E-state index contributed by atoms with van der Waals surface area (Å²) in [5, 5.41) is 0.892. The number of halogens is 1. The van der Waals surface area contributed by atoms with Gasteiger partial charge in [0.15, 0.2) is 8.32 Å². The fourth-order valence-electron chi connectivity index (χ4n) is 9.35. The average Bonchev–Trinajstić information content (AvgIpc) is 3.88. The molecule has 0 saturated heterocycles. The molecule has 2 aliphatic rings. The van der Waals surface area contributed by atoms with Crippen LogP contribution in [0.4, 0.5) is 4.79 Å². The van der Waals surface area contributed by atoms with Crippen LogP contribution >= 0.6 is 22.9 Å². The lowest BCUT2D eigenvalue weighted by molar-refractivity contribution is -0.155. The number of fused-ring (bicyclic) bond motifs is 1. The minimum atomic E-state index is -2.61. The highest BCUT2D eigenvalue weighted by Crippen LogP contribution is 2.43. The van der Waals surface area contributed by atoms with Crippen LogP contribution in [0.3, 0.4) is 0 Å². The van der Waals surface area contributed by atoms with Gasteiger partial charge >= 0.3 is 18.1 Å². The van der Waals surface area contributed by atoms with Crippen molar-refractivity contribution in [1.29, 1.82) is 0 Å². The van der Waals surface area contributed by atoms with Crippen molar-refractivity contribution in [3.8, 4) is 5.75 Å². The van der Waals surface area contributed by atoms with Gasteiger partial charge in [-0.3, -0.25) is 28.9 Å². The molecule has 0 unspecified atom stereocenters. The Morgan fingerprint density at radius 3 is 2.28 bits per heavy atom. The van der Waals surface area contributed by atoms with Gasteiger partial charge < -0.3 is 23.4 Å².